The predicted molar refractivity (Wildman–Crippen MR) is 67.4 cm³/mol. The Morgan fingerprint density at radius 3 is 2.53 bits per heavy atom. The standard InChI is InChI=1S/C10H8Cl2N4O/c11-6-3-5(4-7(12)8(6)13)9(17)16-10-14-1-2-15-10/h1-4H,13H2,(H2,14,15,16,17). The van der Waals surface area contributed by atoms with Gasteiger partial charge in [0.1, 0.15) is 0 Å². The summed E-state index contributed by atoms with van der Waals surface area (Å²) in [5.74, 6) is -0.0252. The molecule has 0 aliphatic heterocycles. The molecule has 0 fully saturated rings. The van der Waals surface area contributed by atoms with Crippen LogP contribution in [0, 0.1) is 0 Å². The normalized spacial score (nSPS) is 10.2. The smallest absolute Gasteiger partial charge is 0.258 e. The number of benzene rings is 1. The van der Waals surface area contributed by atoms with Gasteiger partial charge in [0.25, 0.3) is 5.91 Å². The molecular weight excluding hydrogens is 263 g/mol. The second-order valence-corrected chi connectivity index (χ2v) is 4.06. The first kappa shape index (κ1) is 11.8. The molecule has 0 spiro atoms. The average Bonchev–Trinajstić information content (AvgIpc) is 2.77. The van der Waals surface area contributed by atoms with Crippen LogP contribution in [0.1, 0.15) is 10.4 Å². The second-order valence-electron chi connectivity index (χ2n) is 3.25. The fourth-order valence-electron chi connectivity index (χ4n) is 1.23. The number of nitrogen functional groups attached to an aromatic ring is 1. The quantitative estimate of drug-likeness (QED) is 0.734. The number of carbonyl (C=O) groups excluding carboxylic acids is 1. The lowest BCUT2D eigenvalue weighted by molar-refractivity contribution is 0.102. The number of rotatable bonds is 2. The number of H-pyrrole nitrogens is 1. The molecule has 0 aliphatic carbocycles. The molecule has 7 heteroatoms. The molecule has 0 radical (unpaired) electrons. The van der Waals surface area contributed by atoms with Crippen LogP contribution in [0.4, 0.5) is 11.6 Å². The number of aromatic amines is 1. The van der Waals surface area contributed by atoms with E-state index in [1.807, 2.05) is 0 Å². The largest absolute Gasteiger partial charge is 0.396 e. The molecule has 0 aliphatic rings. The number of carbonyl (C=O) groups is 1. The van der Waals surface area contributed by atoms with Crippen molar-refractivity contribution in [3.05, 3.63) is 40.1 Å². The van der Waals surface area contributed by atoms with Gasteiger partial charge < -0.3 is 10.7 Å². The Labute approximate surface area is 107 Å². The zero-order chi connectivity index (χ0) is 12.4. The number of halogens is 2. The molecule has 1 amide bonds. The molecule has 1 heterocycles. The highest BCUT2D eigenvalue weighted by atomic mass is 35.5. The number of nitrogens with one attached hydrogen (secondary N) is 2. The molecular formula is C10H8Cl2N4O. The van der Waals surface area contributed by atoms with Crippen molar-refractivity contribution < 1.29 is 4.79 Å². The van der Waals surface area contributed by atoms with Gasteiger partial charge >= 0.3 is 0 Å². The first-order valence-corrected chi connectivity index (χ1v) is 5.39. The predicted octanol–water partition coefficient (Wildman–Crippen LogP) is 2.55. The number of nitrogens with zero attached hydrogens (tertiary/aromatic N) is 1. The van der Waals surface area contributed by atoms with E-state index >= 15 is 0 Å². The summed E-state index contributed by atoms with van der Waals surface area (Å²) in [5, 5.41) is 3.02. The van der Waals surface area contributed by atoms with Crippen LogP contribution in [0.25, 0.3) is 0 Å². The minimum Gasteiger partial charge on any atom is -0.396 e. The number of amides is 1. The van der Waals surface area contributed by atoms with Crippen molar-refractivity contribution in [3.8, 4) is 0 Å². The average molecular weight is 271 g/mol. The van der Waals surface area contributed by atoms with Gasteiger partial charge in [-0.15, -0.1) is 0 Å². The van der Waals surface area contributed by atoms with Gasteiger partial charge in [0, 0.05) is 18.0 Å². The van der Waals surface area contributed by atoms with Crippen LogP contribution in [0.15, 0.2) is 24.5 Å². The van der Waals surface area contributed by atoms with Crippen molar-refractivity contribution in [3.63, 3.8) is 0 Å². The Morgan fingerprint density at radius 1 is 1.35 bits per heavy atom. The molecule has 88 valence electrons. The highest BCUT2D eigenvalue weighted by molar-refractivity contribution is 6.39. The number of hydrogen-bond donors (Lipinski definition) is 3. The molecule has 0 atom stereocenters. The first-order chi connectivity index (χ1) is 8.08. The molecule has 1 aromatic carbocycles. The minimum absolute atomic E-state index is 0.238. The lowest BCUT2D eigenvalue weighted by atomic mass is 10.2. The topological polar surface area (TPSA) is 83.8 Å². The van der Waals surface area contributed by atoms with Gasteiger partial charge in [-0.05, 0) is 12.1 Å². The number of aromatic nitrogens is 2. The van der Waals surface area contributed by atoms with E-state index in [0.717, 1.165) is 0 Å². The van der Waals surface area contributed by atoms with E-state index in [0.29, 0.717) is 11.5 Å². The minimum atomic E-state index is -0.372. The molecule has 0 saturated heterocycles. The number of nitrogens with two attached hydrogens (primary N) is 1. The summed E-state index contributed by atoms with van der Waals surface area (Å²) in [6.45, 7) is 0. The van der Waals surface area contributed by atoms with Crippen molar-refractivity contribution in [2.24, 2.45) is 0 Å². The molecule has 5 nitrogen and oxygen atoms in total. The zero-order valence-corrected chi connectivity index (χ0v) is 10.0. The Hall–Kier alpha value is -1.72. The van der Waals surface area contributed by atoms with Gasteiger partial charge in [0.15, 0.2) is 0 Å². The first-order valence-electron chi connectivity index (χ1n) is 4.63. The van der Waals surface area contributed by atoms with Gasteiger partial charge in [-0.3, -0.25) is 10.1 Å². The molecule has 4 N–H and O–H groups in total. The van der Waals surface area contributed by atoms with Gasteiger partial charge in [-0.25, -0.2) is 4.98 Å². The molecule has 2 rings (SSSR count). The maximum atomic E-state index is 11.8. The highest BCUT2D eigenvalue weighted by Gasteiger charge is 2.12. The van der Waals surface area contributed by atoms with Gasteiger partial charge in [-0.1, -0.05) is 23.2 Å². The SMILES string of the molecule is Nc1c(Cl)cc(C(=O)Nc2ncc[nH]2)cc1Cl. The number of hydrogen-bond acceptors (Lipinski definition) is 3. The van der Waals surface area contributed by atoms with E-state index in [2.05, 4.69) is 15.3 Å². The van der Waals surface area contributed by atoms with Crippen LogP contribution < -0.4 is 11.1 Å². The third kappa shape index (κ3) is 2.51. The van der Waals surface area contributed by atoms with Gasteiger partial charge in [0.05, 0.1) is 15.7 Å². The summed E-state index contributed by atoms with van der Waals surface area (Å²) in [7, 11) is 0. The van der Waals surface area contributed by atoms with E-state index in [9.17, 15) is 4.79 Å². The van der Waals surface area contributed by atoms with E-state index in [-0.39, 0.29) is 21.6 Å². The van der Waals surface area contributed by atoms with E-state index < -0.39 is 0 Å². The summed E-state index contributed by atoms with van der Waals surface area (Å²) in [6.07, 6.45) is 3.12. The molecule has 1 aromatic heterocycles. The Morgan fingerprint density at radius 2 is 2.00 bits per heavy atom. The fourth-order valence-corrected chi connectivity index (χ4v) is 1.72. The van der Waals surface area contributed by atoms with Gasteiger partial charge in [0.2, 0.25) is 5.95 Å². The van der Waals surface area contributed by atoms with Crippen molar-refractivity contribution in [1.29, 1.82) is 0 Å². The lowest BCUT2D eigenvalue weighted by Gasteiger charge is -2.06. The van der Waals surface area contributed by atoms with E-state index in [4.69, 9.17) is 28.9 Å². The van der Waals surface area contributed by atoms with Crippen LogP contribution in [0.2, 0.25) is 10.0 Å². The lowest BCUT2D eigenvalue weighted by Crippen LogP contribution is -2.13. The Balaban J connectivity index is 2.26. The van der Waals surface area contributed by atoms with E-state index in [1.165, 1.54) is 18.3 Å². The molecule has 17 heavy (non-hydrogen) atoms. The summed E-state index contributed by atoms with van der Waals surface area (Å²) in [4.78, 5) is 18.4. The molecule has 2 aromatic rings. The fraction of sp³-hybridized carbons (Fsp3) is 0. The summed E-state index contributed by atoms with van der Waals surface area (Å²) in [5.41, 5.74) is 6.14. The molecule has 0 unspecified atom stereocenters. The van der Waals surface area contributed by atoms with Crippen molar-refractivity contribution in [1.82, 2.24) is 9.97 Å². The maximum Gasteiger partial charge on any atom is 0.258 e. The monoisotopic (exact) mass is 270 g/mol. The van der Waals surface area contributed by atoms with Crippen LogP contribution in [0.3, 0.4) is 0 Å². The summed E-state index contributed by atoms with van der Waals surface area (Å²) in [6, 6.07) is 2.89. The third-order valence-corrected chi connectivity index (χ3v) is 2.70. The van der Waals surface area contributed by atoms with Crippen LogP contribution in [0.5, 0.6) is 0 Å². The van der Waals surface area contributed by atoms with Crippen molar-refractivity contribution in [2.45, 2.75) is 0 Å². The Bertz CT molecular complexity index is 530. The summed E-state index contributed by atoms with van der Waals surface area (Å²) < 4.78 is 0. The van der Waals surface area contributed by atoms with Gasteiger partial charge in [-0.2, -0.15) is 0 Å². The maximum absolute atomic E-state index is 11.8. The number of imidazole rings is 1. The van der Waals surface area contributed by atoms with Crippen molar-refractivity contribution in [2.75, 3.05) is 11.1 Å². The second kappa shape index (κ2) is 4.65. The Kier molecular flexibility index (Phi) is 3.21. The zero-order valence-electron chi connectivity index (χ0n) is 8.50. The van der Waals surface area contributed by atoms with E-state index in [1.54, 1.807) is 6.20 Å². The van der Waals surface area contributed by atoms with Crippen molar-refractivity contribution >= 4 is 40.7 Å². The highest BCUT2D eigenvalue weighted by Crippen LogP contribution is 2.28. The van der Waals surface area contributed by atoms with Crippen LogP contribution >= 0.6 is 23.2 Å². The molecule has 0 bridgehead atoms. The third-order valence-electron chi connectivity index (χ3n) is 2.07. The summed E-state index contributed by atoms with van der Waals surface area (Å²) >= 11 is 11.7. The van der Waals surface area contributed by atoms with Crippen LogP contribution in [-0.2, 0) is 0 Å². The number of anilines is 2. The molecule has 0 saturated carbocycles. The van der Waals surface area contributed by atoms with Crippen LogP contribution in [-0.4, -0.2) is 15.9 Å².